The van der Waals surface area contributed by atoms with Crippen LogP contribution in [0, 0.1) is 5.92 Å². The highest BCUT2D eigenvalue weighted by molar-refractivity contribution is 5.87. The lowest BCUT2D eigenvalue weighted by molar-refractivity contribution is -0.148. The largest absolute Gasteiger partial charge is 0.462 e. The Bertz CT molecular complexity index is 418. The molecule has 0 aromatic rings. The van der Waals surface area contributed by atoms with Crippen molar-refractivity contribution in [3.8, 4) is 0 Å². The molecule has 0 aliphatic rings. The molecule has 0 saturated carbocycles. The van der Waals surface area contributed by atoms with Crippen LogP contribution in [0.3, 0.4) is 0 Å². The third-order valence-corrected chi connectivity index (χ3v) is 2.40. The molecule has 22 heavy (non-hydrogen) atoms. The highest BCUT2D eigenvalue weighted by Crippen LogP contribution is 2.06. The van der Waals surface area contributed by atoms with Crippen LogP contribution in [0.15, 0.2) is 36.5 Å². The molecule has 122 valence electrons. The summed E-state index contributed by atoms with van der Waals surface area (Å²) in [6.07, 6.45) is 0. The van der Waals surface area contributed by atoms with Crippen LogP contribution in [0.25, 0.3) is 0 Å². The van der Waals surface area contributed by atoms with Gasteiger partial charge in [-0.3, -0.25) is 0 Å². The maximum atomic E-state index is 11.4. The zero-order valence-electron chi connectivity index (χ0n) is 13.3. The summed E-state index contributed by atoms with van der Waals surface area (Å²) in [6.45, 7) is 14.7. The second-order valence-corrected chi connectivity index (χ2v) is 5.00. The molecular weight excluding hydrogens is 288 g/mol. The standard InChI is InChI=1S/C16H22O6/c1-10(2)14(17)20-7-13(8-21-15(18)11(3)4)9-22-16(19)12(5)6/h13H,1,3,5,7-9H2,2,4,6H3. The summed E-state index contributed by atoms with van der Waals surface area (Å²) in [5.74, 6) is -2.19. The van der Waals surface area contributed by atoms with Crippen molar-refractivity contribution >= 4 is 17.9 Å². The van der Waals surface area contributed by atoms with Gasteiger partial charge in [0.15, 0.2) is 0 Å². The second kappa shape index (κ2) is 9.55. The molecule has 0 rings (SSSR count). The Morgan fingerprint density at radius 1 is 0.682 bits per heavy atom. The van der Waals surface area contributed by atoms with Crippen molar-refractivity contribution in [1.82, 2.24) is 0 Å². The molecule has 0 unspecified atom stereocenters. The molecule has 0 atom stereocenters. The maximum absolute atomic E-state index is 11.4. The SMILES string of the molecule is C=C(C)C(=O)OCC(COC(=O)C(=C)C)COC(=O)C(=C)C. The van der Waals surface area contributed by atoms with E-state index in [0.717, 1.165) is 0 Å². The smallest absolute Gasteiger partial charge is 0.333 e. The van der Waals surface area contributed by atoms with Gasteiger partial charge in [0.05, 0.1) is 5.92 Å². The molecule has 6 nitrogen and oxygen atoms in total. The molecule has 0 saturated heterocycles. The van der Waals surface area contributed by atoms with E-state index in [4.69, 9.17) is 14.2 Å². The molecule has 0 N–H and O–H groups in total. The summed E-state index contributed by atoms with van der Waals surface area (Å²) >= 11 is 0. The normalized spacial score (nSPS) is 9.82. The number of rotatable bonds is 9. The molecule has 0 radical (unpaired) electrons. The van der Waals surface area contributed by atoms with E-state index in [-0.39, 0.29) is 36.5 Å². The zero-order valence-corrected chi connectivity index (χ0v) is 13.3. The number of hydrogen-bond acceptors (Lipinski definition) is 6. The minimum Gasteiger partial charge on any atom is -0.462 e. The van der Waals surface area contributed by atoms with E-state index in [9.17, 15) is 14.4 Å². The first-order valence-electron chi connectivity index (χ1n) is 6.63. The van der Waals surface area contributed by atoms with E-state index in [1.54, 1.807) is 0 Å². The summed E-state index contributed by atoms with van der Waals surface area (Å²) in [5, 5.41) is 0. The minimum absolute atomic E-state index is 0.0708. The highest BCUT2D eigenvalue weighted by atomic mass is 16.6. The first-order valence-corrected chi connectivity index (χ1v) is 6.63. The Kier molecular flexibility index (Phi) is 8.52. The van der Waals surface area contributed by atoms with Gasteiger partial charge < -0.3 is 14.2 Å². The molecule has 0 aliphatic heterocycles. The van der Waals surface area contributed by atoms with Gasteiger partial charge in [-0.15, -0.1) is 0 Å². The summed E-state index contributed by atoms with van der Waals surface area (Å²) < 4.78 is 15.0. The average molecular weight is 310 g/mol. The van der Waals surface area contributed by atoms with E-state index in [0.29, 0.717) is 0 Å². The van der Waals surface area contributed by atoms with Crippen LogP contribution in [0.5, 0.6) is 0 Å². The third-order valence-electron chi connectivity index (χ3n) is 2.40. The maximum Gasteiger partial charge on any atom is 0.333 e. The van der Waals surface area contributed by atoms with Crippen molar-refractivity contribution in [2.75, 3.05) is 19.8 Å². The number of carbonyl (C=O) groups is 3. The van der Waals surface area contributed by atoms with E-state index in [2.05, 4.69) is 19.7 Å². The molecule has 0 bridgehead atoms. The van der Waals surface area contributed by atoms with Crippen LogP contribution in [0.4, 0.5) is 0 Å². The molecule has 6 heteroatoms. The van der Waals surface area contributed by atoms with Crippen molar-refractivity contribution < 1.29 is 28.6 Å². The lowest BCUT2D eigenvalue weighted by Gasteiger charge is -2.17. The van der Waals surface area contributed by atoms with Gasteiger partial charge in [0, 0.05) is 16.7 Å². The van der Waals surface area contributed by atoms with Crippen molar-refractivity contribution in [2.24, 2.45) is 5.92 Å². The predicted molar refractivity (Wildman–Crippen MR) is 80.8 cm³/mol. The average Bonchev–Trinajstić information content (AvgIpc) is 2.44. The van der Waals surface area contributed by atoms with Crippen molar-refractivity contribution in [1.29, 1.82) is 0 Å². The van der Waals surface area contributed by atoms with Gasteiger partial charge >= 0.3 is 17.9 Å². The van der Waals surface area contributed by atoms with E-state index in [1.807, 2.05) is 0 Å². The zero-order chi connectivity index (χ0) is 17.3. The van der Waals surface area contributed by atoms with Gasteiger partial charge in [0.1, 0.15) is 19.8 Å². The Labute approximate surface area is 130 Å². The number of esters is 3. The van der Waals surface area contributed by atoms with Gasteiger partial charge in [-0.25, -0.2) is 14.4 Å². The van der Waals surface area contributed by atoms with Crippen molar-refractivity contribution in [3.63, 3.8) is 0 Å². The quantitative estimate of drug-likeness (QED) is 0.368. The number of hydrogen-bond donors (Lipinski definition) is 0. The predicted octanol–water partition coefficient (Wildman–Crippen LogP) is 1.96. The Morgan fingerprint density at radius 3 is 1.09 bits per heavy atom. The van der Waals surface area contributed by atoms with E-state index >= 15 is 0 Å². The van der Waals surface area contributed by atoms with E-state index in [1.165, 1.54) is 20.8 Å². The molecule has 0 aliphatic carbocycles. The van der Waals surface area contributed by atoms with Gasteiger partial charge in [-0.05, 0) is 20.8 Å². The highest BCUT2D eigenvalue weighted by Gasteiger charge is 2.18. The fourth-order valence-electron chi connectivity index (χ4n) is 1.09. The van der Waals surface area contributed by atoms with Crippen molar-refractivity contribution in [2.45, 2.75) is 20.8 Å². The Balaban J connectivity index is 4.54. The van der Waals surface area contributed by atoms with Crippen LogP contribution in [0.2, 0.25) is 0 Å². The molecule has 0 fully saturated rings. The Hall–Kier alpha value is -2.37. The number of ether oxygens (including phenoxy) is 3. The summed E-state index contributed by atoms with van der Waals surface area (Å²) in [5.41, 5.74) is 0.741. The summed E-state index contributed by atoms with van der Waals surface area (Å²) in [4.78, 5) is 34.1. The fraction of sp³-hybridized carbons (Fsp3) is 0.438. The molecule has 0 spiro atoms. The van der Waals surface area contributed by atoms with Gasteiger partial charge in [0.25, 0.3) is 0 Å². The van der Waals surface area contributed by atoms with Crippen LogP contribution in [0.1, 0.15) is 20.8 Å². The van der Waals surface area contributed by atoms with Crippen LogP contribution in [-0.2, 0) is 28.6 Å². The fourth-order valence-corrected chi connectivity index (χ4v) is 1.09. The summed E-state index contributed by atoms with van der Waals surface area (Å²) in [7, 11) is 0. The first kappa shape index (κ1) is 19.6. The lowest BCUT2D eigenvalue weighted by atomic mass is 10.2. The van der Waals surface area contributed by atoms with Crippen LogP contribution >= 0.6 is 0 Å². The molecule has 0 amide bonds. The molecule has 0 heterocycles. The van der Waals surface area contributed by atoms with Gasteiger partial charge in [-0.2, -0.15) is 0 Å². The molecule has 0 aromatic carbocycles. The second-order valence-electron chi connectivity index (χ2n) is 5.00. The van der Waals surface area contributed by atoms with Crippen molar-refractivity contribution in [3.05, 3.63) is 36.5 Å². The summed E-state index contributed by atoms with van der Waals surface area (Å²) in [6, 6.07) is 0. The topological polar surface area (TPSA) is 78.9 Å². The minimum atomic E-state index is -0.567. The molecular formula is C16H22O6. The lowest BCUT2D eigenvalue weighted by Crippen LogP contribution is -2.26. The number of carbonyl (C=O) groups excluding carboxylic acids is 3. The van der Waals surface area contributed by atoms with E-state index < -0.39 is 23.8 Å². The Morgan fingerprint density at radius 2 is 0.909 bits per heavy atom. The van der Waals surface area contributed by atoms with Crippen LogP contribution < -0.4 is 0 Å². The van der Waals surface area contributed by atoms with Gasteiger partial charge in [0.2, 0.25) is 0 Å². The first-order chi connectivity index (χ1) is 10.1. The third kappa shape index (κ3) is 8.04. The monoisotopic (exact) mass is 310 g/mol. The molecule has 0 aromatic heterocycles. The van der Waals surface area contributed by atoms with Gasteiger partial charge in [-0.1, -0.05) is 19.7 Å². The van der Waals surface area contributed by atoms with Crippen LogP contribution in [-0.4, -0.2) is 37.7 Å².